The first kappa shape index (κ1) is 19.1. The molecule has 1 saturated heterocycles. The molecule has 2 aliphatic rings. The van der Waals surface area contributed by atoms with E-state index in [0.29, 0.717) is 37.5 Å². The van der Waals surface area contributed by atoms with Crippen LogP contribution in [0.15, 0.2) is 22.9 Å². The van der Waals surface area contributed by atoms with Crippen LogP contribution >= 0.6 is 23.2 Å². The first-order valence-corrected chi connectivity index (χ1v) is 8.97. The van der Waals surface area contributed by atoms with Crippen LogP contribution in [0.2, 0.25) is 0 Å². The molecule has 0 aromatic carbocycles. The van der Waals surface area contributed by atoms with Crippen molar-refractivity contribution in [3.63, 3.8) is 0 Å². The second-order valence-corrected chi connectivity index (χ2v) is 7.96. The molecule has 0 bridgehead atoms. The number of carbonyl (C=O) groups excluding carboxylic acids is 2. The topological polar surface area (TPSA) is 49.9 Å². The van der Waals surface area contributed by atoms with E-state index in [2.05, 4.69) is 0 Å². The standard InChI is InChI=1S/C17H24Cl2N2O3/c1-17(2,3)24-16(23)20-8-4-9-21(15(22)7-10-20)12-5-6-13(18)14(19)11-12/h5-6,14H,4,7-11H2,1-3H3. The predicted octanol–water partition coefficient (Wildman–Crippen LogP) is 3.86. The zero-order valence-corrected chi connectivity index (χ0v) is 15.9. The van der Waals surface area contributed by atoms with Crippen LogP contribution < -0.4 is 0 Å². The highest BCUT2D eigenvalue weighted by molar-refractivity contribution is 6.37. The molecule has 24 heavy (non-hydrogen) atoms. The van der Waals surface area contributed by atoms with Crippen LogP contribution in [-0.2, 0) is 9.53 Å². The summed E-state index contributed by atoms with van der Waals surface area (Å²) in [7, 11) is 0. The summed E-state index contributed by atoms with van der Waals surface area (Å²) in [6.45, 7) is 6.97. The lowest BCUT2D eigenvalue weighted by molar-refractivity contribution is -0.130. The van der Waals surface area contributed by atoms with Gasteiger partial charge in [-0.05, 0) is 39.3 Å². The summed E-state index contributed by atoms with van der Waals surface area (Å²) < 4.78 is 5.39. The number of amides is 2. The van der Waals surface area contributed by atoms with Crippen LogP contribution in [-0.4, -0.2) is 52.4 Å². The molecule has 5 nitrogen and oxygen atoms in total. The Bertz CT molecular complexity index is 567. The van der Waals surface area contributed by atoms with Gasteiger partial charge in [0.15, 0.2) is 0 Å². The molecule has 2 amide bonds. The van der Waals surface area contributed by atoms with E-state index in [1.807, 2.05) is 26.8 Å². The summed E-state index contributed by atoms with van der Waals surface area (Å²) in [6.07, 6.45) is 4.73. The fourth-order valence-corrected chi connectivity index (χ4v) is 3.04. The summed E-state index contributed by atoms with van der Waals surface area (Å²) >= 11 is 12.2. The SMILES string of the molecule is CC(C)(C)OC(=O)N1CCCN(C2=CC=C(Cl)C(Cl)C2)C(=O)CC1. The number of rotatable bonds is 1. The van der Waals surface area contributed by atoms with Gasteiger partial charge in [0.05, 0.1) is 5.38 Å². The third kappa shape index (κ3) is 5.15. The van der Waals surface area contributed by atoms with Gasteiger partial charge in [-0.3, -0.25) is 4.79 Å². The van der Waals surface area contributed by atoms with Gasteiger partial charge in [-0.2, -0.15) is 0 Å². The molecule has 1 fully saturated rings. The average Bonchev–Trinajstić information content (AvgIpc) is 2.45. The van der Waals surface area contributed by atoms with Crippen LogP contribution in [0, 0.1) is 0 Å². The minimum atomic E-state index is -0.538. The first-order valence-electron chi connectivity index (χ1n) is 8.16. The minimum Gasteiger partial charge on any atom is -0.444 e. The highest BCUT2D eigenvalue weighted by Crippen LogP contribution is 2.29. The van der Waals surface area contributed by atoms with Gasteiger partial charge in [0.2, 0.25) is 5.91 Å². The van der Waals surface area contributed by atoms with Gasteiger partial charge in [0.1, 0.15) is 5.60 Å². The molecule has 1 unspecified atom stereocenters. The van der Waals surface area contributed by atoms with Crippen molar-refractivity contribution in [3.05, 3.63) is 22.9 Å². The number of alkyl halides is 1. The van der Waals surface area contributed by atoms with Gasteiger partial charge >= 0.3 is 6.09 Å². The van der Waals surface area contributed by atoms with Crippen molar-refractivity contribution in [1.29, 1.82) is 0 Å². The number of hydrogen-bond donors (Lipinski definition) is 0. The van der Waals surface area contributed by atoms with Crippen LogP contribution in [0.5, 0.6) is 0 Å². The fourth-order valence-electron chi connectivity index (χ4n) is 2.66. The van der Waals surface area contributed by atoms with Crippen LogP contribution in [0.4, 0.5) is 4.79 Å². The highest BCUT2D eigenvalue weighted by Gasteiger charge is 2.28. The number of halogens is 2. The maximum atomic E-state index is 12.5. The largest absolute Gasteiger partial charge is 0.444 e. The molecule has 0 saturated carbocycles. The maximum absolute atomic E-state index is 12.5. The van der Waals surface area contributed by atoms with Gasteiger partial charge in [-0.25, -0.2) is 4.79 Å². The fraction of sp³-hybridized carbons (Fsp3) is 0.647. The van der Waals surface area contributed by atoms with Gasteiger partial charge < -0.3 is 14.5 Å². The van der Waals surface area contributed by atoms with Crippen LogP contribution in [0.25, 0.3) is 0 Å². The van der Waals surface area contributed by atoms with Crippen molar-refractivity contribution in [1.82, 2.24) is 9.80 Å². The van der Waals surface area contributed by atoms with Gasteiger partial charge in [0, 0.05) is 43.2 Å². The molecular formula is C17H24Cl2N2O3. The number of allylic oxidation sites excluding steroid dienone is 4. The van der Waals surface area contributed by atoms with Crippen LogP contribution in [0.3, 0.4) is 0 Å². The predicted molar refractivity (Wildman–Crippen MR) is 95.0 cm³/mol. The molecule has 7 heteroatoms. The lowest BCUT2D eigenvalue weighted by Gasteiger charge is -2.33. The Kier molecular flexibility index (Phi) is 6.21. The maximum Gasteiger partial charge on any atom is 0.410 e. The molecule has 0 spiro atoms. The summed E-state index contributed by atoms with van der Waals surface area (Å²) in [5.41, 5.74) is 0.346. The molecule has 134 valence electrons. The zero-order valence-electron chi connectivity index (χ0n) is 14.3. The van der Waals surface area contributed by atoms with Gasteiger partial charge in [-0.1, -0.05) is 11.6 Å². The van der Waals surface area contributed by atoms with E-state index >= 15 is 0 Å². The van der Waals surface area contributed by atoms with Crippen molar-refractivity contribution < 1.29 is 14.3 Å². The quantitative estimate of drug-likeness (QED) is 0.654. The van der Waals surface area contributed by atoms with E-state index in [9.17, 15) is 9.59 Å². The molecule has 1 heterocycles. The summed E-state index contributed by atoms with van der Waals surface area (Å²) in [4.78, 5) is 28.1. The van der Waals surface area contributed by atoms with E-state index in [-0.39, 0.29) is 23.8 Å². The third-order valence-electron chi connectivity index (χ3n) is 3.83. The summed E-state index contributed by atoms with van der Waals surface area (Å²) in [5.74, 6) is -0.00945. The van der Waals surface area contributed by atoms with E-state index in [1.165, 1.54) is 0 Å². The van der Waals surface area contributed by atoms with E-state index in [0.717, 1.165) is 5.70 Å². The normalized spacial score (nSPS) is 23.2. The van der Waals surface area contributed by atoms with Crippen molar-refractivity contribution in [3.8, 4) is 0 Å². The van der Waals surface area contributed by atoms with Gasteiger partial charge in [0.25, 0.3) is 0 Å². The average molecular weight is 375 g/mol. The van der Waals surface area contributed by atoms with Crippen molar-refractivity contribution in [2.24, 2.45) is 0 Å². The second kappa shape index (κ2) is 7.79. The second-order valence-electron chi connectivity index (χ2n) is 7.00. The monoisotopic (exact) mass is 374 g/mol. The number of nitrogens with zero attached hydrogens (tertiary/aromatic N) is 2. The van der Waals surface area contributed by atoms with Crippen molar-refractivity contribution in [2.45, 2.75) is 51.0 Å². The minimum absolute atomic E-state index is 0.00945. The third-order valence-corrected chi connectivity index (χ3v) is 4.72. The lowest BCUT2D eigenvalue weighted by Crippen LogP contribution is -2.44. The molecule has 1 aliphatic heterocycles. The molecule has 0 aromatic heterocycles. The number of carbonyl (C=O) groups is 2. The van der Waals surface area contributed by atoms with Gasteiger partial charge in [-0.15, -0.1) is 11.6 Å². The molecule has 0 radical (unpaired) electrons. The lowest BCUT2D eigenvalue weighted by atomic mass is 10.1. The molecule has 1 aliphatic carbocycles. The Morgan fingerprint density at radius 2 is 1.96 bits per heavy atom. The van der Waals surface area contributed by atoms with Crippen LogP contribution in [0.1, 0.15) is 40.0 Å². The van der Waals surface area contributed by atoms with E-state index < -0.39 is 5.60 Å². The highest BCUT2D eigenvalue weighted by atomic mass is 35.5. The van der Waals surface area contributed by atoms with E-state index in [1.54, 1.807) is 15.9 Å². The molecule has 2 rings (SSSR count). The smallest absolute Gasteiger partial charge is 0.410 e. The van der Waals surface area contributed by atoms with E-state index in [4.69, 9.17) is 27.9 Å². The Labute approximate surface area is 153 Å². The molecule has 0 aromatic rings. The first-order chi connectivity index (χ1) is 11.2. The van der Waals surface area contributed by atoms with Crippen molar-refractivity contribution >= 4 is 35.2 Å². The molecular weight excluding hydrogens is 351 g/mol. The molecule has 1 atom stereocenters. The van der Waals surface area contributed by atoms with Crippen molar-refractivity contribution in [2.75, 3.05) is 19.6 Å². The Morgan fingerprint density at radius 1 is 1.25 bits per heavy atom. The number of ether oxygens (including phenoxy) is 1. The zero-order chi connectivity index (χ0) is 17.9. The Balaban J connectivity index is 1.99. The Hall–Kier alpha value is -1.20. The number of hydrogen-bond acceptors (Lipinski definition) is 3. The Morgan fingerprint density at radius 3 is 2.58 bits per heavy atom. The molecule has 0 N–H and O–H groups in total. The summed E-state index contributed by atoms with van der Waals surface area (Å²) in [5, 5.41) is 0.305. The summed E-state index contributed by atoms with van der Waals surface area (Å²) in [6, 6.07) is 0.